The number of para-hydroxylation sites is 4. The third kappa shape index (κ3) is 7.54. The van der Waals surface area contributed by atoms with Crippen LogP contribution in [0.15, 0.2) is 168 Å². The first-order chi connectivity index (χ1) is 19.0. The van der Waals surface area contributed by atoms with Crippen molar-refractivity contribution >= 4 is 31.3 Å². The van der Waals surface area contributed by atoms with Crippen molar-refractivity contribution in [3.8, 4) is 0 Å². The molecule has 0 spiro atoms. The largest absolute Gasteiger partial charge is 0.398 e. The Morgan fingerprint density at radius 1 is 0.410 bits per heavy atom. The van der Waals surface area contributed by atoms with Crippen LogP contribution in [0.2, 0.25) is 0 Å². The molecule has 0 fully saturated rings. The maximum absolute atomic E-state index is 6.52. The Labute approximate surface area is 232 Å². The van der Waals surface area contributed by atoms with E-state index in [4.69, 9.17) is 22.9 Å². The zero-order valence-electron chi connectivity index (χ0n) is 21.6. The average Bonchev–Trinajstić information content (AvgIpc) is 2.97. The molecular weight excluding hydrogens is 499 g/mol. The van der Waals surface area contributed by atoms with Gasteiger partial charge in [0.05, 0.1) is 0 Å². The van der Waals surface area contributed by atoms with Gasteiger partial charge < -0.3 is 22.9 Å². The summed E-state index contributed by atoms with van der Waals surface area (Å²) in [6.45, 7) is 0. The van der Waals surface area contributed by atoms with Crippen LogP contribution in [-0.4, -0.2) is 0 Å². The van der Waals surface area contributed by atoms with E-state index < -0.39 is 0 Å². The standard InChI is InChI=1S/C32H33N6P/c33-29(37(25-13-5-1-6-14-25)26-15-7-2-8-16-26)21-23-31(35)39-32(36)24-22-30(34)38(27-17-9-3-10-18-27)28-19-11-4-12-20-28/h1-24,39H,33-36H2/b29-21+,30-22+,31-23+,32-24+. The molecule has 4 rings (SSSR count). The molecule has 0 unspecified atom stereocenters. The van der Waals surface area contributed by atoms with Crippen LogP contribution in [0.25, 0.3) is 0 Å². The Morgan fingerprint density at radius 2 is 0.667 bits per heavy atom. The molecule has 0 atom stereocenters. The minimum absolute atomic E-state index is 0.0725. The van der Waals surface area contributed by atoms with Crippen LogP contribution in [0.1, 0.15) is 0 Å². The summed E-state index contributed by atoms with van der Waals surface area (Å²) in [7, 11) is 0.0725. The second kappa shape index (κ2) is 13.6. The Kier molecular flexibility index (Phi) is 9.43. The van der Waals surface area contributed by atoms with E-state index in [0.717, 1.165) is 22.7 Å². The Morgan fingerprint density at radius 3 is 0.923 bits per heavy atom. The van der Waals surface area contributed by atoms with Crippen LogP contribution in [0.4, 0.5) is 22.7 Å². The lowest BCUT2D eigenvalue weighted by atomic mass is 10.2. The lowest BCUT2D eigenvalue weighted by Crippen LogP contribution is -2.22. The van der Waals surface area contributed by atoms with Gasteiger partial charge in [0.2, 0.25) is 0 Å². The van der Waals surface area contributed by atoms with Crippen LogP contribution in [-0.2, 0) is 0 Å². The van der Waals surface area contributed by atoms with E-state index in [2.05, 4.69) is 0 Å². The molecule has 0 aromatic heterocycles. The predicted octanol–water partition coefficient (Wildman–Crippen LogP) is 6.54. The molecule has 0 aliphatic carbocycles. The van der Waals surface area contributed by atoms with Gasteiger partial charge in [0.25, 0.3) is 0 Å². The topological polar surface area (TPSA) is 111 Å². The summed E-state index contributed by atoms with van der Waals surface area (Å²) in [4.78, 5) is 3.94. The van der Waals surface area contributed by atoms with Gasteiger partial charge in [0.15, 0.2) is 0 Å². The summed E-state index contributed by atoms with van der Waals surface area (Å²) in [6.07, 6.45) is 7.18. The molecule has 0 aliphatic rings. The SMILES string of the molecule is N/C(=C\C=C(/N)N(c1ccccc1)c1ccccc1)P/C(N)=C/C=C(\N)N(c1ccccc1)c1ccccc1. The maximum Gasteiger partial charge on any atom is 0.108 e. The molecule has 196 valence electrons. The first kappa shape index (κ1) is 27.1. The van der Waals surface area contributed by atoms with Gasteiger partial charge in [-0.1, -0.05) is 72.8 Å². The zero-order valence-corrected chi connectivity index (χ0v) is 22.6. The van der Waals surface area contributed by atoms with Gasteiger partial charge in [-0.25, -0.2) is 0 Å². The molecule has 0 radical (unpaired) electrons. The molecule has 4 aromatic carbocycles. The molecule has 0 amide bonds. The highest BCUT2D eigenvalue weighted by atomic mass is 31.1. The van der Waals surface area contributed by atoms with Crippen molar-refractivity contribution in [3.05, 3.63) is 168 Å². The van der Waals surface area contributed by atoms with Gasteiger partial charge in [-0.15, -0.1) is 0 Å². The number of hydrogen-bond acceptors (Lipinski definition) is 6. The van der Waals surface area contributed by atoms with E-state index in [-0.39, 0.29) is 8.58 Å². The molecule has 0 bridgehead atoms. The van der Waals surface area contributed by atoms with Crippen LogP contribution < -0.4 is 32.7 Å². The van der Waals surface area contributed by atoms with Crippen LogP contribution in [0.5, 0.6) is 0 Å². The second-order valence-electron chi connectivity index (χ2n) is 8.57. The van der Waals surface area contributed by atoms with E-state index in [9.17, 15) is 0 Å². The lowest BCUT2D eigenvalue weighted by molar-refractivity contribution is 1.12. The van der Waals surface area contributed by atoms with Crippen molar-refractivity contribution < 1.29 is 0 Å². The van der Waals surface area contributed by atoms with Crippen molar-refractivity contribution in [1.82, 2.24) is 0 Å². The molecular formula is C32H33N6P. The molecule has 0 saturated carbocycles. The first-order valence-corrected chi connectivity index (χ1v) is 13.5. The number of benzene rings is 4. The van der Waals surface area contributed by atoms with Crippen LogP contribution in [0, 0.1) is 0 Å². The number of hydrogen-bond donors (Lipinski definition) is 4. The highest BCUT2D eigenvalue weighted by Crippen LogP contribution is 2.30. The Bertz CT molecular complexity index is 1260. The zero-order chi connectivity index (χ0) is 27.5. The highest BCUT2D eigenvalue weighted by molar-refractivity contribution is 7.47. The van der Waals surface area contributed by atoms with Crippen molar-refractivity contribution in [2.24, 2.45) is 22.9 Å². The van der Waals surface area contributed by atoms with Crippen molar-refractivity contribution in [3.63, 3.8) is 0 Å². The maximum atomic E-state index is 6.52. The molecule has 0 heterocycles. The number of rotatable bonds is 10. The second-order valence-corrected chi connectivity index (χ2v) is 9.97. The summed E-state index contributed by atoms with van der Waals surface area (Å²) in [5, 5.41) is 0. The fourth-order valence-electron chi connectivity index (χ4n) is 3.95. The Balaban J connectivity index is 1.52. The van der Waals surface area contributed by atoms with E-state index in [0.29, 0.717) is 22.5 Å². The average molecular weight is 533 g/mol. The third-order valence-electron chi connectivity index (χ3n) is 5.73. The lowest BCUT2D eigenvalue weighted by Gasteiger charge is -2.25. The van der Waals surface area contributed by atoms with Crippen molar-refractivity contribution in [2.75, 3.05) is 9.80 Å². The molecule has 4 aromatic rings. The van der Waals surface area contributed by atoms with E-state index in [1.54, 1.807) is 24.3 Å². The summed E-state index contributed by atoms with van der Waals surface area (Å²) in [6, 6.07) is 39.8. The molecule has 8 N–H and O–H groups in total. The molecule has 0 aliphatic heterocycles. The quantitative estimate of drug-likeness (QED) is 0.136. The van der Waals surface area contributed by atoms with E-state index in [1.165, 1.54) is 0 Å². The van der Waals surface area contributed by atoms with Gasteiger partial charge in [0, 0.05) is 33.6 Å². The monoisotopic (exact) mass is 532 g/mol. The van der Waals surface area contributed by atoms with Gasteiger partial charge in [0.1, 0.15) is 11.6 Å². The van der Waals surface area contributed by atoms with E-state index >= 15 is 0 Å². The fourth-order valence-corrected chi connectivity index (χ4v) is 4.62. The summed E-state index contributed by atoms with van der Waals surface area (Å²) >= 11 is 0. The van der Waals surface area contributed by atoms with Crippen LogP contribution in [0.3, 0.4) is 0 Å². The molecule has 6 nitrogen and oxygen atoms in total. The number of nitrogens with zero attached hydrogens (tertiary/aromatic N) is 2. The predicted molar refractivity (Wildman–Crippen MR) is 167 cm³/mol. The smallest absolute Gasteiger partial charge is 0.108 e. The normalized spacial score (nSPS) is 13.0. The van der Waals surface area contributed by atoms with Crippen molar-refractivity contribution in [1.29, 1.82) is 0 Å². The first-order valence-electron chi connectivity index (χ1n) is 12.5. The number of nitrogens with two attached hydrogens (primary N) is 4. The summed E-state index contributed by atoms with van der Waals surface area (Å²) in [5.41, 5.74) is 30.7. The summed E-state index contributed by atoms with van der Waals surface area (Å²) in [5.74, 6) is 1.07. The van der Waals surface area contributed by atoms with Gasteiger partial charge >= 0.3 is 0 Å². The van der Waals surface area contributed by atoms with Crippen LogP contribution >= 0.6 is 8.58 Å². The van der Waals surface area contributed by atoms with E-state index in [1.807, 2.05) is 131 Å². The number of allylic oxidation sites excluding steroid dienone is 4. The third-order valence-corrected chi connectivity index (χ3v) is 6.64. The Hall–Kier alpha value is -4.93. The number of anilines is 4. The molecule has 0 saturated heterocycles. The fraction of sp³-hybridized carbons (Fsp3) is 0. The minimum Gasteiger partial charge on any atom is -0.398 e. The molecule has 7 heteroatoms. The van der Waals surface area contributed by atoms with Gasteiger partial charge in [-0.2, -0.15) is 0 Å². The van der Waals surface area contributed by atoms with Crippen molar-refractivity contribution in [2.45, 2.75) is 0 Å². The molecule has 39 heavy (non-hydrogen) atoms. The van der Waals surface area contributed by atoms with Gasteiger partial charge in [-0.3, -0.25) is 9.80 Å². The van der Waals surface area contributed by atoms with Gasteiger partial charge in [-0.05, 0) is 81.4 Å². The minimum atomic E-state index is 0.0725. The summed E-state index contributed by atoms with van der Waals surface area (Å²) < 4.78 is 0. The highest BCUT2D eigenvalue weighted by Gasteiger charge is 2.12.